The first-order valence-electron chi connectivity index (χ1n) is 9.97. The van der Waals surface area contributed by atoms with E-state index < -0.39 is 35.3 Å². The number of esters is 2. The number of nitrogens with one attached hydrogen (secondary N) is 1. The number of nitrogens with zero attached hydrogens (tertiary/aromatic N) is 2. The molecule has 0 aromatic heterocycles. The van der Waals surface area contributed by atoms with E-state index in [9.17, 15) is 19.6 Å². The number of carbonyl (C=O) groups is 3. The number of anilines is 1. The van der Waals surface area contributed by atoms with Gasteiger partial charge in [0.15, 0.2) is 0 Å². The zero-order valence-corrected chi connectivity index (χ0v) is 18.6. The van der Waals surface area contributed by atoms with Gasteiger partial charge >= 0.3 is 11.9 Å². The first-order valence-corrected chi connectivity index (χ1v) is 9.97. The lowest BCUT2D eigenvalue weighted by atomic mass is 9.81. The van der Waals surface area contributed by atoms with Gasteiger partial charge in [-0.2, -0.15) is 5.26 Å². The van der Waals surface area contributed by atoms with Crippen LogP contribution >= 0.6 is 0 Å². The molecule has 0 aliphatic carbocycles. The third-order valence-electron chi connectivity index (χ3n) is 5.29. The summed E-state index contributed by atoms with van der Waals surface area (Å²) in [7, 11) is 3.59. The summed E-state index contributed by atoms with van der Waals surface area (Å²) in [5.41, 5.74) is 5.78. The van der Waals surface area contributed by atoms with Crippen LogP contribution in [0.4, 0.5) is 10.1 Å². The summed E-state index contributed by atoms with van der Waals surface area (Å²) in [4.78, 5) is 38.7. The Morgan fingerprint density at radius 3 is 2.26 bits per heavy atom. The molecule has 3 rings (SSSR count). The summed E-state index contributed by atoms with van der Waals surface area (Å²) in [5.74, 6) is -4.75. The van der Waals surface area contributed by atoms with Crippen LogP contribution in [0, 0.1) is 17.1 Å². The summed E-state index contributed by atoms with van der Waals surface area (Å²) < 4.78 is 25.0. The molecule has 174 valence electrons. The highest BCUT2D eigenvalue weighted by molar-refractivity contribution is 6.06. The van der Waals surface area contributed by atoms with E-state index in [1.165, 1.54) is 19.2 Å². The molecular weight excluding hydrogens is 443 g/mol. The van der Waals surface area contributed by atoms with Crippen LogP contribution in [0.3, 0.4) is 0 Å². The molecule has 1 aliphatic rings. The van der Waals surface area contributed by atoms with E-state index in [1.807, 2.05) is 6.07 Å². The van der Waals surface area contributed by atoms with E-state index in [1.54, 1.807) is 30.3 Å². The second kappa shape index (κ2) is 9.87. The summed E-state index contributed by atoms with van der Waals surface area (Å²) in [6.07, 6.45) is 0. The molecule has 0 radical (unpaired) electrons. The van der Waals surface area contributed by atoms with Gasteiger partial charge in [-0.25, -0.2) is 14.0 Å². The highest BCUT2D eigenvalue weighted by atomic mass is 19.1. The molecule has 0 fully saturated rings. The Kier molecular flexibility index (Phi) is 6.97. The van der Waals surface area contributed by atoms with Crippen LogP contribution in [0.1, 0.15) is 21.8 Å². The Morgan fingerprint density at radius 1 is 1.09 bits per heavy atom. The van der Waals surface area contributed by atoms with Crippen molar-refractivity contribution in [1.82, 2.24) is 5.32 Å². The molecule has 2 aromatic carbocycles. The number of carbonyl (C=O) groups excluding carboxylic acids is 3. The van der Waals surface area contributed by atoms with E-state index in [4.69, 9.17) is 15.2 Å². The fourth-order valence-electron chi connectivity index (χ4n) is 3.74. The quantitative estimate of drug-likeness (QED) is 0.643. The lowest BCUT2D eigenvalue weighted by Gasteiger charge is -2.36. The van der Waals surface area contributed by atoms with Gasteiger partial charge in [0.1, 0.15) is 17.3 Å². The Hall–Kier alpha value is -4.65. The van der Waals surface area contributed by atoms with Gasteiger partial charge < -0.3 is 20.5 Å². The van der Waals surface area contributed by atoms with Crippen molar-refractivity contribution in [3.63, 3.8) is 0 Å². The summed E-state index contributed by atoms with van der Waals surface area (Å²) >= 11 is 0. The Labute approximate surface area is 194 Å². The topological polar surface area (TPSA) is 135 Å². The van der Waals surface area contributed by atoms with Gasteiger partial charge in [-0.15, -0.1) is 0 Å². The van der Waals surface area contributed by atoms with Crippen molar-refractivity contribution in [2.75, 3.05) is 26.2 Å². The molecule has 0 bridgehead atoms. The molecule has 9 nitrogen and oxygen atoms in total. The molecule has 3 N–H and O–H groups in total. The van der Waals surface area contributed by atoms with Gasteiger partial charge in [0.2, 0.25) is 0 Å². The minimum atomic E-state index is -1.07. The number of nitriles is 1. The third kappa shape index (κ3) is 4.06. The van der Waals surface area contributed by atoms with Gasteiger partial charge in [-0.05, 0) is 23.8 Å². The smallest absolute Gasteiger partial charge is 0.355 e. The van der Waals surface area contributed by atoms with Crippen molar-refractivity contribution in [2.24, 2.45) is 5.73 Å². The molecule has 1 aliphatic heterocycles. The first kappa shape index (κ1) is 24.0. The minimum Gasteiger partial charge on any atom is -0.466 e. The van der Waals surface area contributed by atoms with E-state index in [0.717, 1.165) is 25.2 Å². The van der Waals surface area contributed by atoms with E-state index >= 15 is 4.39 Å². The number of methoxy groups -OCH3 is 2. The lowest BCUT2D eigenvalue weighted by Crippen LogP contribution is -2.41. The normalized spacial score (nSPS) is 15.5. The van der Waals surface area contributed by atoms with Crippen molar-refractivity contribution in [1.29, 1.82) is 5.26 Å². The number of amides is 1. The predicted octanol–water partition coefficient (Wildman–Crippen LogP) is 2.08. The molecule has 1 unspecified atom stereocenters. The number of halogens is 1. The van der Waals surface area contributed by atoms with Gasteiger partial charge in [-0.3, -0.25) is 9.69 Å². The van der Waals surface area contributed by atoms with Crippen molar-refractivity contribution >= 4 is 23.5 Å². The number of hydrogen-bond donors (Lipinski definition) is 2. The average molecular weight is 464 g/mol. The lowest BCUT2D eigenvalue weighted by molar-refractivity contribution is -0.139. The molecule has 0 saturated carbocycles. The number of nitrogens with two attached hydrogens (primary N) is 1. The fourth-order valence-corrected chi connectivity index (χ4v) is 3.74. The molecule has 10 heteroatoms. The van der Waals surface area contributed by atoms with Crippen LogP contribution in [0.2, 0.25) is 0 Å². The van der Waals surface area contributed by atoms with Crippen LogP contribution in [0.25, 0.3) is 0 Å². The first-order chi connectivity index (χ1) is 16.3. The zero-order chi connectivity index (χ0) is 25.0. The number of allylic oxidation sites excluding steroid dienone is 1. The average Bonchev–Trinajstić information content (AvgIpc) is 2.87. The maximum atomic E-state index is 15.2. The maximum absolute atomic E-state index is 15.2. The number of ether oxygens (including phenoxy) is 2. The van der Waals surface area contributed by atoms with E-state index in [2.05, 4.69) is 5.32 Å². The summed E-state index contributed by atoms with van der Waals surface area (Å²) in [6, 6.07) is 13.9. The number of rotatable bonds is 5. The van der Waals surface area contributed by atoms with Crippen molar-refractivity contribution < 1.29 is 28.2 Å². The van der Waals surface area contributed by atoms with E-state index in [0.29, 0.717) is 5.56 Å². The van der Waals surface area contributed by atoms with Gasteiger partial charge in [0.05, 0.1) is 43.0 Å². The van der Waals surface area contributed by atoms with Gasteiger partial charge in [0.25, 0.3) is 5.91 Å². The van der Waals surface area contributed by atoms with Gasteiger partial charge in [0, 0.05) is 12.6 Å². The SMILES string of the molecule is CNC(=O)c1ccc(N2C(N)=C(C#N)C(c3ccccc3)C(C(=O)OC)=C2C(=O)OC)c(F)c1. The van der Waals surface area contributed by atoms with Gasteiger partial charge in [-0.1, -0.05) is 30.3 Å². The molecule has 1 heterocycles. The second-order valence-corrected chi connectivity index (χ2v) is 7.08. The Bertz CT molecular complexity index is 1260. The largest absolute Gasteiger partial charge is 0.466 e. The zero-order valence-electron chi connectivity index (χ0n) is 18.6. The third-order valence-corrected chi connectivity index (χ3v) is 5.29. The van der Waals surface area contributed by atoms with Crippen LogP contribution in [0.15, 0.2) is 71.2 Å². The molecule has 2 aromatic rings. The molecule has 0 saturated heterocycles. The van der Waals surface area contributed by atoms with Crippen molar-refractivity contribution in [2.45, 2.75) is 5.92 Å². The molecule has 0 spiro atoms. The van der Waals surface area contributed by atoms with Crippen LogP contribution in [-0.4, -0.2) is 39.1 Å². The molecule has 1 atom stereocenters. The molecular formula is C24H21FN4O5. The molecule has 1 amide bonds. The second-order valence-electron chi connectivity index (χ2n) is 7.08. The summed E-state index contributed by atoms with van der Waals surface area (Å²) in [6.45, 7) is 0. The summed E-state index contributed by atoms with van der Waals surface area (Å²) in [5, 5.41) is 12.4. The van der Waals surface area contributed by atoms with E-state index in [-0.39, 0.29) is 28.2 Å². The predicted molar refractivity (Wildman–Crippen MR) is 119 cm³/mol. The number of benzene rings is 2. The molecule has 34 heavy (non-hydrogen) atoms. The van der Waals surface area contributed by atoms with Crippen LogP contribution < -0.4 is 16.0 Å². The van der Waals surface area contributed by atoms with Crippen LogP contribution in [0.5, 0.6) is 0 Å². The Balaban J connectivity index is 2.39. The highest BCUT2D eigenvalue weighted by Crippen LogP contribution is 2.43. The maximum Gasteiger partial charge on any atom is 0.355 e. The monoisotopic (exact) mass is 464 g/mol. The fraction of sp³-hybridized carbons (Fsp3) is 0.167. The van der Waals surface area contributed by atoms with Crippen molar-refractivity contribution in [3.05, 3.63) is 88.1 Å². The Morgan fingerprint density at radius 2 is 1.74 bits per heavy atom. The highest BCUT2D eigenvalue weighted by Gasteiger charge is 2.43. The standard InChI is InChI=1S/C24H21FN4O5/c1-28-22(30)14-9-10-17(16(25)11-14)29-20(24(32)34-3)19(23(31)33-2)18(15(12-26)21(29)27)13-7-5-4-6-8-13/h4-11,18H,27H2,1-3H3,(H,28,30). The van der Waals surface area contributed by atoms with Crippen LogP contribution in [-0.2, 0) is 19.1 Å². The number of hydrogen-bond acceptors (Lipinski definition) is 8. The van der Waals surface area contributed by atoms with Crippen molar-refractivity contribution in [3.8, 4) is 6.07 Å². The minimum absolute atomic E-state index is 0.0165.